The van der Waals surface area contributed by atoms with E-state index in [0.29, 0.717) is 0 Å². The molecule has 0 heterocycles. The van der Waals surface area contributed by atoms with E-state index >= 15 is 0 Å². The normalized spacial score (nSPS) is 12.1. The van der Waals surface area contributed by atoms with E-state index < -0.39 is 23.5 Å². The molecule has 2 aromatic carbocycles. The van der Waals surface area contributed by atoms with Gasteiger partial charge in [0.1, 0.15) is 11.6 Å². The Balaban J connectivity index is 2.35. The number of hydrogen-bond acceptors (Lipinski definition) is 1. The molecule has 0 spiro atoms. The van der Waals surface area contributed by atoms with Gasteiger partial charge in [-0.25, -0.2) is 8.78 Å². The topological polar surface area (TPSA) is 37.3 Å². The summed E-state index contributed by atoms with van der Waals surface area (Å²) in [6.07, 6.45) is -0.0804. The summed E-state index contributed by atoms with van der Waals surface area (Å²) in [4.78, 5) is 11.3. The second kappa shape index (κ2) is 5.61. The van der Waals surface area contributed by atoms with Crippen LogP contribution in [0.1, 0.15) is 17.0 Å². The lowest BCUT2D eigenvalue weighted by atomic mass is 9.91. The number of carboxylic acid groups (broad SMARTS) is 1. The highest BCUT2D eigenvalue weighted by molar-refractivity contribution is 5.76. The van der Waals surface area contributed by atoms with E-state index in [2.05, 4.69) is 0 Å². The third kappa shape index (κ3) is 2.96. The summed E-state index contributed by atoms with van der Waals surface area (Å²) in [5, 5.41) is 9.21. The molecular weight excluding hydrogens is 250 g/mol. The van der Waals surface area contributed by atoms with Crippen molar-refractivity contribution in [3.05, 3.63) is 71.3 Å². The average molecular weight is 262 g/mol. The van der Waals surface area contributed by atoms with Crippen molar-refractivity contribution in [3.63, 3.8) is 0 Å². The molecule has 1 atom stereocenters. The molecule has 1 N–H and O–H groups in total. The number of benzene rings is 2. The highest BCUT2D eigenvalue weighted by Gasteiger charge is 2.24. The monoisotopic (exact) mass is 262 g/mol. The lowest BCUT2D eigenvalue weighted by Gasteiger charge is -2.14. The summed E-state index contributed by atoms with van der Waals surface area (Å²) in [7, 11) is 0. The molecule has 0 aliphatic carbocycles. The molecule has 2 nitrogen and oxygen atoms in total. The second-order valence-corrected chi connectivity index (χ2v) is 4.21. The van der Waals surface area contributed by atoms with Crippen LogP contribution in [0.25, 0.3) is 0 Å². The Hall–Kier alpha value is -2.23. The van der Waals surface area contributed by atoms with Crippen molar-refractivity contribution in [2.24, 2.45) is 0 Å². The molecule has 98 valence electrons. The maximum atomic E-state index is 13.6. The Morgan fingerprint density at radius 1 is 1.00 bits per heavy atom. The SMILES string of the molecule is O=C(O)C(Cc1ccccc1F)c1ccccc1F. The number of hydrogen-bond donors (Lipinski definition) is 1. The maximum Gasteiger partial charge on any atom is 0.311 e. The molecule has 0 fully saturated rings. The van der Waals surface area contributed by atoms with Crippen LogP contribution < -0.4 is 0 Å². The highest BCUT2D eigenvalue weighted by atomic mass is 19.1. The minimum absolute atomic E-state index is 0.0678. The number of carbonyl (C=O) groups is 1. The molecule has 4 heteroatoms. The molecule has 0 radical (unpaired) electrons. The number of aliphatic carboxylic acids is 1. The van der Waals surface area contributed by atoms with Gasteiger partial charge in [0.25, 0.3) is 0 Å². The van der Waals surface area contributed by atoms with Crippen LogP contribution in [0.3, 0.4) is 0 Å². The summed E-state index contributed by atoms with van der Waals surface area (Å²) in [5.41, 5.74) is 0.330. The quantitative estimate of drug-likeness (QED) is 0.917. The Bertz CT molecular complexity index is 596. The van der Waals surface area contributed by atoms with Crippen LogP contribution in [-0.4, -0.2) is 11.1 Å². The van der Waals surface area contributed by atoms with Gasteiger partial charge >= 0.3 is 5.97 Å². The van der Waals surface area contributed by atoms with Crippen LogP contribution in [0.2, 0.25) is 0 Å². The molecule has 1 unspecified atom stereocenters. The zero-order valence-corrected chi connectivity index (χ0v) is 10.0. The van der Waals surface area contributed by atoms with Gasteiger partial charge in [-0.15, -0.1) is 0 Å². The van der Waals surface area contributed by atoms with Crippen LogP contribution in [0.4, 0.5) is 8.78 Å². The Labute approximate surface area is 109 Å². The fourth-order valence-corrected chi connectivity index (χ4v) is 1.97. The van der Waals surface area contributed by atoms with Gasteiger partial charge in [0, 0.05) is 5.56 Å². The van der Waals surface area contributed by atoms with Gasteiger partial charge in [-0.1, -0.05) is 36.4 Å². The Morgan fingerprint density at radius 3 is 2.16 bits per heavy atom. The first kappa shape index (κ1) is 13.2. The van der Waals surface area contributed by atoms with Crippen molar-refractivity contribution in [1.29, 1.82) is 0 Å². The van der Waals surface area contributed by atoms with Crippen molar-refractivity contribution in [1.82, 2.24) is 0 Å². The fourth-order valence-electron chi connectivity index (χ4n) is 1.97. The molecule has 0 bridgehead atoms. The number of carboxylic acids is 1. The molecule has 2 rings (SSSR count). The van der Waals surface area contributed by atoms with E-state index in [9.17, 15) is 18.7 Å². The lowest BCUT2D eigenvalue weighted by Crippen LogP contribution is -2.16. The van der Waals surface area contributed by atoms with E-state index in [1.54, 1.807) is 12.1 Å². The van der Waals surface area contributed by atoms with Crippen molar-refractivity contribution in [2.75, 3.05) is 0 Å². The Morgan fingerprint density at radius 2 is 1.58 bits per heavy atom. The zero-order chi connectivity index (χ0) is 13.8. The minimum atomic E-state index is -1.17. The molecule has 19 heavy (non-hydrogen) atoms. The fraction of sp³-hybridized carbons (Fsp3) is 0.133. The smallest absolute Gasteiger partial charge is 0.311 e. The summed E-state index contributed by atoms with van der Waals surface area (Å²) < 4.78 is 27.2. The summed E-state index contributed by atoms with van der Waals surface area (Å²) in [6, 6.07) is 11.6. The van der Waals surface area contributed by atoms with Gasteiger partial charge in [-0.05, 0) is 24.1 Å². The van der Waals surface area contributed by atoms with E-state index in [1.807, 2.05) is 0 Å². The van der Waals surface area contributed by atoms with Crippen molar-refractivity contribution in [2.45, 2.75) is 12.3 Å². The van der Waals surface area contributed by atoms with Crippen molar-refractivity contribution in [3.8, 4) is 0 Å². The van der Waals surface area contributed by atoms with E-state index in [4.69, 9.17) is 0 Å². The lowest BCUT2D eigenvalue weighted by molar-refractivity contribution is -0.138. The largest absolute Gasteiger partial charge is 0.481 e. The third-order valence-electron chi connectivity index (χ3n) is 2.96. The second-order valence-electron chi connectivity index (χ2n) is 4.21. The van der Waals surface area contributed by atoms with Gasteiger partial charge in [0.2, 0.25) is 0 Å². The average Bonchev–Trinajstić information content (AvgIpc) is 2.38. The van der Waals surface area contributed by atoms with Crippen molar-refractivity contribution >= 4 is 5.97 Å². The van der Waals surface area contributed by atoms with Crippen molar-refractivity contribution < 1.29 is 18.7 Å². The predicted octanol–water partition coefficient (Wildman–Crippen LogP) is 3.38. The van der Waals surface area contributed by atoms with Crippen LogP contribution in [0.5, 0.6) is 0 Å². The summed E-state index contributed by atoms with van der Waals surface area (Å²) >= 11 is 0. The molecule has 0 aliphatic heterocycles. The van der Waals surface area contributed by atoms with E-state index in [1.165, 1.54) is 36.4 Å². The van der Waals surface area contributed by atoms with Gasteiger partial charge in [-0.3, -0.25) is 4.79 Å². The molecule has 0 aliphatic rings. The molecule has 0 aromatic heterocycles. The van der Waals surface area contributed by atoms with Gasteiger partial charge in [0.15, 0.2) is 0 Å². The van der Waals surface area contributed by atoms with Crippen LogP contribution in [0.15, 0.2) is 48.5 Å². The number of rotatable bonds is 4. The predicted molar refractivity (Wildman–Crippen MR) is 66.9 cm³/mol. The molecular formula is C15H12F2O2. The molecule has 0 amide bonds. The molecule has 0 saturated carbocycles. The summed E-state index contributed by atoms with van der Waals surface area (Å²) in [5.74, 6) is -3.34. The van der Waals surface area contributed by atoms with Crippen LogP contribution >= 0.6 is 0 Å². The minimum Gasteiger partial charge on any atom is -0.481 e. The standard InChI is InChI=1S/C15H12F2O2/c16-13-7-3-1-5-10(13)9-12(15(18)19)11-6-2-4-8-14(11)17/h1-8,12H,9H2,(H,18,19). The molecule has 2 aromatic rings. The first-order valence-corrected chi connectivity index (χ1v) is 5.80. The highest BCUT2D eigenvalue weighted by Crippen LogP contribution is 2.24. The first-order valence-electron chi connectivity index (χ1n) is 5.80. The van der Waals surface area contributed by atoms with Gasteiger partial charge in [0.05, 0.1) is 5.92 Å². The van der Waals surface area contributed by atoms with E-state index in [0.717, 1.165) is 0 Å². The van der Waals surface area contributed by atoms with Crippen LogP contribution in [0, 0.1) is 11.6 Å². The number of halogens is 2. The molecule has 0 saturated heterocycles. The Kier molecular flexibility index (Phi) is 3.90. The van der Waals surface area contributed by atoms with Gasteiger partial charge < -0.3 is 5.11 Å². The summed E-state index contributed by atoms with van der Waals surface area (Å²) in [6.45, 7) is 0. The maximum absolute atomic E-state index is 13.6. The van der Waals surface area contributed by atoms with Gasteiger partial charge in [-0.2, -0.15) is 0 Å². The third-order valence-corrected chi connectivity index (χ3v) is 2.96. The van der Waals surface area contributed by atoms with E-state index in [-0.39, 0.29) is 17.5 Å². The zero-order valence-electron chi connectivity index (χ0n) is 10.0. The first-order chi connectivity index (χ1) is 9.09. The van der Waals surface area contributed by atoms with Crippen LogP contribution in [-0.2, 0) is 11.2 Å².